The van der Waals surface area contributed by atoms with Gasteiger partial charge < -0.3 is 19.9 Å². The van der Waals surface area contributed by atoms with Crippen molar-refractivity contribution >= 4 is 41.6 Å². The minimum absolute atomic E-state index is 0.323. The number of halogens is 1. The lowest BCUT2D eigenvalue weighted by Crippen LogP contribution is -2.41. The van der Waals surface area contributed by atoms with E-state index in [0.717, 1.165) is 5.46 Å². The molecule has 5 nitrogen and oxygen atoms in total. The molecule has 1 heterocycles. The van der Waals surface area contributed by atoms with E-state index < -0.39 is 7.12 Å². The van der Waals surface area contributed by atoms with Crippen molar-refractivity contribution in [1.29, 1.82) is 0 Å². The van der Waals surface area contributed by atoms with Crippen molar-refractivity contribution in [3.63, 3.8) is 0 Å². The first-order valence-corrected chi connectivity index (χ1v) is 8.83. The van der Waals surface area contributed by atoms with E-state index in [-0.39, 0.29) is 17.2 Å². The molecule has 2 amide bonds. The van der Waals surface area contributed by atoms with Crippen LogP contribution in [0.4, 0.5) is 16.2 Å². The maximum absolute atomic E-state index is 12.1. The van der Waals surface area contributed by atoms with Crippen molar-refractivity contribution < 1.29 is 14.1 Å². The van der Waals surface area contributed by atoms with Crippen LogP contribution >= 0.6 is 11.6 Å². The lowest BCUT2D eigenvalue weighted by Gasteiger charge is -2.32. The summed E-state index contributed by atoms with van der Waals surface area (Å²) >= 11 is 5.83. The van der Waals surface area contributed by atoms with Crippen molar-refractivity contribution in [3.05, 3.63) is 53.6 Å². The number of nitrogens with one attached hydrogen (secondary N) is 2. The van der Waals surface area contributed by atoms with Gasteiger partial charge in [0.25, 0.3) is 0 Å². The molecule has 2 N–H and O–H groups in total. The number of benzene rings is 2. The number of hydrogen-bond acceptors (Lipinski definition) is 3. The molecule has 26 heavy (non-hydrogen) atoms. The summed E-state index contributed by atoms with van der Waals surface area (Å²) in [7, 11) is -0.419. The molecular formula is C19H22BClN2O3. The van der Waals surface area contributed by atoms with Crippen LogP contribution in [-0.4, -0.2) is 24.4 Å². The van der Waals surface area contributed by atoms with Crippen LogP contribution < -0.4 is 16.1 Å². The van der Waals surface area contributed by atoms with E-state index in [1.807, 2.05) is 52.0 Å². The van der Waals surface area contributed by atoms with Crippen molar-refractivity contribution in [1.82, 2.24) is 0 Å². The molecule has 1 saturated heterocycles. The molecule has 0 saturated carbocycles. The highest BCUT2D eigenvalue weighted by atomic mass is 35.5. The van der Waals surface area contributed by atoms with Gasteiger partial charge in [-0.3, -0.25) is 0 Å². The monoisotopic (exact) mass is 372 g/mol. The Morgan fingerprint density at radius 3 is 1.73 bits per heavy atom. The van der Waals surface area contributed by atoms with Crippen LogP contribution in [-0.2, 0) is 9.31 Å². The molecule has 7 heteroatoms. The summed E-state index contributed by atoms with van der Waals surface area (Å²) < 4.78 is 12.1. The Kier molecular flexibility index (Phi) is 5.02. The van der Waals surface area contributed by atoms with Crippen molar-refractivity contribution in [2.45, 2.75) is 38.9 Å². The topological polar surface area (TPSA) is 59.6 Å². The van der Waals surface area contributed by atoms with Crippen LogP contribution in [0.2, 0.25) is 5.02 Å². The van der Waals surface area contributed by atoms with Crippen molar-refractivity contribution in [2.75, 3.05) is 10.6 Å². The first-order valence-electron chi connectivity index (χ1n) is 8.45. The normalized spacial score (nSPS) is 17.8. The zero-order valence-electron chi connectivity index (χ0n) is 15.3. The smallest absolute Gasteiger partial charge is 0.399 e. The molecule has 3 rings (SSSR count). The second-order valence-electron chi connectivity index (χ2n) is 7.30. The summed E-state index contributed by atoms with van der Waals surface area (Å²) in [4.78, 5) is 12.1. The summed E-state index contributed by atoms with van der Waals surface area (Å²) in [5.74, 6) is 0. The van der Waals surface area contributed by atoms with Crippen LogP contribution in [0.1, 0.15) is 27.7 Å². The molecule has 0 unspecified atom stereocenters. The molecule has 136 valence electrons. The summed E-state index contributed by atoms with van der Waals surface area (Å²) in [6, 6.07) is 14.0. The third-order valence-corrected chi connectivity index (χ3v) is 5.05. The molecular weight excluding hydrogens is 350 g/mol. The Hall–Kier alpha value is -2.02. The number of rotatable bonds is 3. The van der Waals surface area contributed by atoms with Crippen LogP contribution in [0.3, 0.4) is 0 Å². The molecule has 1 aliphatic rings. The molecule has 2 aromatic carbocycles. The van der Waals surface area contributed by atoms with Gasteiger partial charge in [-0.2, -0.15) is 0 Å². The minimum Gasteiger partial charge on any atom is -0.399 e. The van der Waals surface area contributed by atoms with Gasteiger partial charge >= 0.3 is 13.1 Å². The molecule has 1 fully saturated rings. The van der Waals surface area contributed by atoms with E-state index in [4.69, 9.17) is 20.9 Å². The molecule has 1 aliphatic heterocycles. The van der Waals surface area contributed by atoms with Gasteiger partial charge in [-0.1, -0.05) is 23.7 Å². The summed E-state index contributed by atoms with van der Waals surface area (Å²) in [6.07, 6.45) is 0. The quantitative estimate of drug-likeness (QED) is 0.790. The molecule has 0 aliphatic carbocycles. The molecule has 0 bridgehead atoms. The van der Waals surface area contributed by atoms with Crippen LogP contribution in [0.15, 0.2) is 48.5 Å². The predicted molar refractivity (Wildman–Crippen MR) is 106 cm³/mol. The average molecular weight is 373 g/mol. The molecule has 2 aromatic rings. The summed E-state index contributed by atoms with van der Waals surface area (Å²) in [5, 5.41) is 6.16. The number of carbonyl (C=O) groups is 1. The number of anilines is 2. The van der Waals surface area contributed by atoms with Gasteiger partial charge in [0.15, 0.2) is 0 Å². The standard InChI is InChI=1S/C19H22BClN2O3/c1-18(2)19(3,4)26-20(25-18)13-5-9-15(10-6-13)22-17(24)23-16-11-7-14(21)8-12-16/h5-12H,1-4H3,(H2,22,23,24). The van der Waals surface area contributed by atoms with E-state index in [1.165, 1.54) is 0 Å². The van der Waals surface area contributed by atoms with E-state index in [2.05, 4.69) is 10.6 Å². The minimum atomic E-state index is -0.419. The fraction of sp³-hybridized carbons (Fsp3) is 0.316. The van der Waals surface area contributed by atoms with E-state index >= 15 is 0 Å². The SMILES string of the molecule is CC1(C)OB(c2ccc(NC(=O)Nc3ccc(Cl)cc3)cc2)OC1(C)C. The van der Waals surface area contributed by atoms with E-state index in [0.29, 0.717) is 16.4 Å². The highest BCUT2D eigenvalue weighted by Crippen LogP contribution is 2.36. The third kappa shape index (κ3) is 4.03. The van der Waals surface area contributed by atoms with Gasteiger partial charge in [0.1, 0.15) is 0 Å². The number of urea groups is 1. The summed E-state index contributed by atoms with van der Waals surface area (Å²) in [6.45, 7) is 8.07. The van der Waals surface area contributed by atoms with Gasteiger partial charge in [0.2, 0.25) is 0 Å². The molecule has 0 radical (unpaired) electrons. The number of carbonyl (C=O) groups excluding carboxylic acids is 1. The van der Waals surface area contributed by atoms with Crippen molar-refractivity contribution in [2.24, 2.45) is 0 Å². The van der Waals surface area contributed by atoms with Gasteiger partial charge in [0, 0.05) is 16.4 Å². The largest absolute Gasteiger partial charge is 0.494 e. The maximum atomic E-state index is 12.1. The Labute approximate surface area is 159 Å². The van der Waals surface area contributed by atoms with Crippen LogP contribution in [0, 0.1) is 0 Å². The highest BCUT2D eigenvalue weighted by Gasteiger charge is 2.51. The Morgan fingerprint density at radius 2 is 1.27 bits per heavy atom. The zero-order valence-corrected chi connectivity index (χ0v) is 16.1. The number of amides is 2. The highest BCUT2D eigenvalue weighted by molar-refractivity contribution is 6.62. The van der Waals surface area contributed by atoms with E-state index in [9.17, 15) is 4.79 Å². The van der Waals surface area contributed by atoms with Gasteiger partial charge in [-0.25, -0.2) is 4.79 Å². The molecule has 0 aromatic heterocycles. The maximum Gasteiger partial charge on any atom is 0.494 e. The second kappa shape index (κ2) is 6.95. The first kappa shape index (κ1) is 18.8. The predicted octanol–water partition coefficient (Wildman–Crippen LogP) is 4.28. The van der Waals surface area contributed by atoms with Gasteiger partial charge in [-0.05, 0) is 69.6 Å². The first-order chi connectivity index (χ1) is 12.2. The van der Waals surface area contributed by atoms with E-state index in [1.54, 1.807) is 24.3 Å². The fourth-order valence-electron chi connectivity index (χ4n) is 2.53. The fourth-order valence-corrected chi connectivity index (χ4v) is 2.66. The lowest BCUT2D eigenvalue weighted by molar-refractivity contribution is 0.00578. The van der Waals surface area contributed by atoms with Crippen molar-refractivity contribution in [3.8, 4) is 0 Å². The Balaban J connectivity index is 1.61. The average Bonchev–Trinajstić information content (AvgIpc) is 2.78. The van der Waals surface area contributed by atoms with Gasteiger partial charge in [-0.15, -0.1) is 0 Å². The lowest BCUT2D eigenvalue weighted by atomic mass is 9.79. The van der Waals surface area contributed by atoms with Crippen LogP contribution in [0.5, 0.6) is 0 Å². The Bertz CT molecular complexity index is 775. The van der Waals surface area contributed by atoms with Crippen LogP contribution in [0.25, 0.3) is 0 Å². The Morgan fingerprint density at radius 1 is 0.846 bits per heavy atom. The molecule has 0 atom stereocenters. The zero-order chi connectivity index (χ0) is 18.9. The van der Waals surface area contributed by atoms with Gasteiger partial charge in [0.05, 0.1) is 11.2 Å². The summed E-state index contributed by atoms with van der Waals surface area (Å²) in [5.41, 5.74) is 1.49. The second-order valence-corrected chi connectivity index (χ2v) is 7.73. The molecule has 0 spiro atoms. The number of hydrogen-bond donors (Lipinski definition) is 2. The third-order valence-electron chi connectivity index (χ3n) is 4.80.